The summed E-state index contributed by atoms with van der Waals surface area (Å²) < 4.78 is 0. The Labute approximate surface area is 99.5 Å². The summed E-state index contributed by atoms with van der Waals surface area (Å²) in [5.74, 6) is -0.943. The van der Waals surface area contributed by atoms with Crippen molar-refractivity contribution >= 4 is 22.8 Å². The number of hydrogen-bond acceptors (Lipinski definition) is 1. The van der Waals surface area contributed by atoms with Crippen molar-refractivity contribution in [2.45, 2.75) is 6.92 Å². The molecule has 2 aromatic carbocycles. The molecular weight excluding hydrogens is 212 g/mol. The molecule has 2 rings (SSSR count). The van der Waals surface area contributed by atoms with Crippen LogP contribution in [0.5, 0.6) is 0 Å². The number of hydrogen-bond donors (Lipinski definition) is 1. The van der Waals surface area contributed by atoms with Crippen LogP contribution < -0.4 is 0 Å². The molecule has 0 aromatic heterocycles. The minimum Gasteiger partial charge on any atom is -0.477 e. The smallest absolute Gasteiger partial charge is 0.339 e. The molecule has 2 aromatic rings. The lowest BCUT2D eigenvalue weighted by atomic mass is 10.1. The second kappa shape index (κ2) is 4.69. The van der Waals surface area contributed by atoms with Crippen LogP contribution in [0.15, 0.2) is 53.8 Å². The molecule has 0 saturated heterocycles. The Morgan fingerprint density at radius 3 is 2.59 bits per heavy atom. The van der Waals surface area contributed by atoms with Crippen molar-refractivity contribution in [2.24, 2.45) is 0 Å². The van der Waals surface area contributed by atoms with Gasteiger partial charge < -0.3 is 5.11 Å². The number of carboxylic acids is 1. The van der Waals surface area contributed by atoms with Crippen LogP contribution in [-0.4, -0.2) is 11.1 Å². The summed E-state index contributed by atoms with van der Waals surface area (Å²) in [6.07, 6.45) is 1.69. The van der Waals surface area contributed by atoms with Gasteiger partial charge in [-0.15, -0.1) is 5.73 Å². The molecule has 0 unspecified atom stereocenters. The molecule has 0 bridgehead atoms. The first kappa shape index (κ1) is 11.2. The molecule has 0 saturated carbocycles. The molecule has 0 radical (unpaired) electrons. The van der Waals surface area contributed by atoms with E-state index in [4.69, 9.17) is 5.11 Å². The zero-order valence-corrected chi connectivity index (χ0v) is 9.47. The predicted octanol–water partition coefficient (Wildman–Crippen LogP) is 3.48. The monoisotopic (exact) mass is 224 g/mol. The van der Waals surface area contributed by atoms with Gasteiger partial charge in [0, 0.05) is 0 Å². The van der Waals surface area contributed by atoms with Crippen molar-refractivity contribution in [2.75, 3.05) is 0 Å². The van der Waals surface area contributed by atoms with Gasteiger partial charge in [-0.25, -0.2) is 4.79 Å². The van der Waals surface area contributed by atoms with E-state index in [1.165, 1.54) is 12.3 Å². The number of benzene rings is 2. The van der Waals surface area contributed by atoms with Crippen LogP contribution >= 0.6 is 0 Å². The van der Waals surface area contributed by atoms with E-state index in [9.17, 15) is 4.79 Å². The molecule has 2 heteroatoms. The summed E-state index contributed by atoms with van der Waals surface area (Å²) in [6, 6.07) is 14.0. The summed E-state index contributed by atoms with van der Waals surface area (Å²) in [6.45, 7) is 1.53. The van der Waals surface area contributed by atoms with Gasteiger partial charge in [0.25, 0.3) is 0 Å². The highest BCUT2D eigenvalue weighted by Gasteiger charge is 1.96. The van der Waals surface area contributed by atoms with E-state index in [2.05, 4.69) is 5.73 Å². The van der Waals surface area contributed by atoms with Crippen LogP contribution in [0.25, 0.3) is 16.8 Å². The molecule has 0 aliphatic rings. The van der Waals surface area contributed by atoms with Crippen LogP contribution in [0.3, 0.4) is 0 Å². The van der Waals surface area contributed by atoms with Crippen molar-refractivity contribution < 1.29 is 9.90 Å². The molecule has 84 valence electrons. The SMILES string of the molecule is CC(=C=Cc1ccc2ccccc2c1)C(=O)O. The van der Waals surface area contributed by atoms with E-state index in [0.29, 0.717) is 0 Å². The number of carbonyl (C=O) groups is 1. The third-order valence-electron chi connectivity index (χ3n) is 2.55. The van der Waals surface area contributed by atoms with Gasteiger partial charge in [-0.1, -0.05) is 36.4 Å². The molecule has 0 atom stereocenters. The first-order chi connectivity index (χ1) is 8.16. The van der Waals surface area contributed by atoms with Crippen LogP contribution in [0, 0.1) is 0 Å². The van der Waals surface area contributed by atoms with Gasteiger partial charge in [0.2, 0.25) is 0 Å². The quantitative estimate of drug-likeness (QED) is 0.626. The lowest BCUT2D eigenvalue weighted by Crippen LogP contribution is -1.93. The van der Waals surface area contributed by atoms with Crippen molar-refractivity contribution in [1.29, 1.82) is 0 Å². The molecule has 17 heavy (non-hydrogen) atoms. The Kier molecular flexibility index (Phi) is 3.08. The van der Waals surface area contributed by atoms with E-state index in [1.807, 2.05) is 42.5 Å². The van der Waals surface area contributed by atoms with E-state index in [0.717, 1.165) is 10.9 Å². The van der Waals surface area contributed by atoms with E-state index < -0.39 is 5.97 Å². The van der Waals surface area contributed by atoms with Crippen molar-refractivity contribution in [3.8, 4) is 0 Å². The van der Waals surface area contributed by atoms with Crippen molar-refractivity contribution in [3.05, 3.63) is 59.3 Å². The maximum Gasteiger partial charge on any atom is 0.339 e. The lowest BCUT2D eigenvalue weighted by molar-refractivity contribution is -0.132. The zero-order valence-electron chi connectivity index (χ0n) is 9.47. The largest absolute Gasteiger partial charge is 0.477 e. The van der Waals surface area contributed by atoms with Gasteiger partial charge in [-0.05, 0) is 35.4 Å². The van der Waals surface area contributed by atoms with Crippen molar-refractivity contribution in [1.82, 2.24) is 0 Å². The van der Waals surface area contributed by atoms with Gasteiger partial charge in [0.1, 0.15) is 0 Å². The summed E-state index contributed by atoms with van der Waals surface area (Å²) >= 11 is 0. The summed E-state index contributed by atoms with van der Waals surface area (Å²) in [4.78, 5) is 10.6. The predicted molar refractivity (Wildman–Crippen MR) is 68.7 cm³/mol. The van der Waals surface area contributed by atoms with Gasteiger partial charge in [0.05, 0.1) is 5.57 Å². The van der Waals surface area contributed by atoms with Gasteiger partial charge in [-0.2, -0.15) is 0 Å². The Morgan fingerprint density at radius 2 is 1.88 bits per heavy atom. The second-order valence-electron chi connectivity index (χ2n) is 3.83. The lowest BCUT2D eigenvalue weighted by Gasteiger charge is -1.98. The summed E-state index contributed by atoms with van der Waals surface area (Å²) in [5.41, 5.74) is 3.91. The fourth-order valence-corrected chi connectivity index (χ4v) is 1.55. The highest BCUT2D eigenvalue weighted by atomic mass is 16.4. The van der Waals surface area contributed by atoms with Gasteiger partial charge in [0.15, 0.2) is 0 Å². The highest BCUT2D eigenvalue weighted by Crippen LogP contribution is 2.16. The Hall–Kier alpha value is -2.31. The van der Waals surface area contributed by atoms with Gasteiger partial charge >= 0.3 is 5.97 Å². The molecule has 0 aliphatic carbocycles. The van der Waals surface area contributed by atoms with E-state index in [1.54, 1.807) is 6.08 Å². The van der Waals surface area contributed by atoms with E-state index >= 15 is 0 Å². The average molecular weight is 224 g/mol. The van der Waals surface area contributed by atoms with E-state index in [-0.39, 0.29) is 5.57 Å². The Bertz CT molecular complexity index is 632. The summed E-state index contributed by atoms with van der Waals surface area (Å²) in [5, 5.41) is 11.0. The first-order valence-electron chi connectivity index (χ1n) is 5.32. The number of rotatable bonds is 2. The molecule has 0 fully saturated rings. The third kappa shape index (κ3) is 2.63. The van der Waals surface area contributed by atoms with Crippen LogP contribution in [-0.2, 0) is 4.79 Å². The second-order valence-corrected chi connectivity index (χ2v) is 3.83. The van der Waals surface area contributed by atoms with Crippen LogP contribution in [0.1, 0.15) is 12.5 Å². The number of fused-ring (bicyclic) bond motifs is 1. The fraction of sp³-hybridized carbons (Fsp3) is 0.0667. The number of carboxylic acid groups (broad SMARTS) is 1. The van der Waals surface area contributed by atoms with Crippen molar-refractivity contribution in [3.63, 3.8) is 0 Å². The first-order valence-corrected chi connectivity index (χ1v) is 5.32. The average Bonchev–Trinajstić information content (AvgIpc) is 2.35. The topological polar surface area (TPSA) is 37.3 Å². The van der Waals surface area contributed by atoms with Crippen LogP contribution in [0.2, 0.25) is 0 Å². The summed E-state index contributed by atoms with van der Waals surface area (Å²) in [7, 11) is 0. The fourth-order valence-electron chi connectivity index (χ4n) is 1.55. The maximum absolute atomic E-state index is 10.6. The normalized spacial score (nSPS) is 9.71. The number of aliphatic carboxylic acids is 1. The molecule has 2 nitrogen and oxygen atoms in total. The standard InChI is InChI=1S/C15H12O2/c1-11(15(16)17)6-7-12-8-9-13-4-2-3-5-14(13)10-12/h2-5,7-10H,1H3,(H,16,17). The molecular formula is C15H12O2. The van der Waals surface area contributed by atoms with Crippen LogP contribution in [0.4, 0.5) is 0 Å². The highest BCUT2D eigenvalue weighted by molar-refractivity contribution is 5.87. The van der Waals surface area contributed by atoms with Gasteiger partial charge in [-0.3, -0.25) is 0 Å². The Morgan fingerprint density at radius 1 is 1.18 bits per heavy atom. The Balaban J connectivity index is 2.44. The zero-order chi connectivity index (χ0) is 12.3. The molecule has 1 N–H and O–H groups in total. The maximum atomic E-state index is 10.6. The minimum absolute atomic E-state index is 0.207. The molecule has 0 heterocycles. The molecule has 0 amide bonds. The molecule has 0 spiro atoms. The third-order valence-corrected chi connectivity index (χ3v) is 2.55. The minimum atomic E-state index is -0.943. The molecule has 0 aliphatic heterocycles.